The zero-order valence-electron chi connectivity index (χ0n) is 49.8. The van der Waals surface area contributed by atoms with E-state index in [4.69, 9.17) is 9.47 Å². The highest BCUT2D eigenvalue weighted by Gasteiger charge is 2.27. The molecule has 0 bridgehead atoms. The van der Waals surface area contributed by atoms with Gasteiger partial charge in [-0.15, -0.1) is 23.5 Å². The van der Waals surface area contributed by atoms with Gasteiger partial charge in [0.25, 0.3) is 0 Å². The number of fused-ring (bicyclic) bond motifs is 9. The van der Waals surface area contributed by atoms with E-state index >= 15 is 0 Å². The number of hydrogen-bond acceptors (Lipinski definition) is 9. The van der Waals surface area contributed by atoms with E-state index in [0.717, 1.165) is 138 Å². The van der Waals surface area contributed by atoms with Gasteiger partial charge >= 0.3 is 0 Å². The van der Waals surface area contributed by atoms with Crippen molar-refractivity contribution < 1.29 is 19.7 Å². The lowest BCUT2D eigenvalue weighted by molar-refractivity contribution is -0.105. The Kier molecular flexibility index (Phi) is 16.2. The monoisotopic (exact) mass is 1330 g/mol. The van der Waals surface area contributed by atoms with Gasteiger partial charge in [0.2, 0.25) is 0 Å². The SMILES string of the molecule is Cc1cc(-c2cscc2Br)c(OC2CCCCO2)c(-n2c3ccccc3c3ccccc32)c1.Cc1cc(-c2cscc2SCCCSc2cscc2-c2cc(C)cc(-n3c4ccccc4c4ccccc43)c2O)c(O)c(-n2c3ccccc3c3ccccc32)c1. The van der Waals surface area contributed by atoms with Crippen LogP contribution in [0.5, 0.6) is 17.2 Å². The number of thioether (sulfide) groups is 2. The van der Waals surface area contributed by atoms with Crippen LogP contribution in [-0.4, -0.2) is 48.3 Å². The number of phenolic OH excluding ortho intramolecular Hbond substituents is 2. The Morgan fingerprint density at radius 3 is 1.20 bits per heavy atom. The number of ether oxygens (including phenoxy) is 2. The van der Waals surface area contributed by atoms with E-state index in [2.05, 4.69) is 265 Å². The molecule has 0 aliphatic carbocycles. The lowest BCUT2D eigenvalue weighted by Crippen LogP contribution is -2.25. The normalized spacial score (nSPS) is 13.5. The molecule has 0 radical (unpaired) electrons. The van der Waals surface area contributed by atoms with Crippen LogP contribution in [0.3, 0.4) is 0 Å². The maximum absolute atomic E-state index is 12.0. The Labute approximate surface area is 551 Å². The van der Waals surface area contributed by atoms with Crippen molar-refractivity contribution >= 4 is 139 Å². The second-order valence-electron chi connectivity index (χ2n) is 23.0. The number of aryl methyl sites for hydroxylation is 3. The minimum atomic E-state index is -0.232. The van der Waals surface area contributed by atoms with Gasteiger partial charge in [0.15, 0.2) is 12.0 Å². The lowest BCUT2D eigenvalue weighted by Gasteiger charge is -2.27. The molecule has 1 unspecified atom stereocenters. The van der Waals surface area contributed by atoms with E-state index in [-0.39, 0.29) is 6.29 Å². The standard InChI is InChI=1S/C49H38N2O2S4.C28H24BrNO2S/c1-30-22-36(48(52)44(24-30)50-40-16-7-3-12-32(40)33-13-4-8-17-41(33)50)38-26-54-28-46(38)56-20-11-21-57-47-29-55-27-39(47)37-23-31(2)25-45(49(37)53)51-42-18-9-5-14-34(42)35-15-6-10-19-43(35)51;1-18-14-21(22-16-33-17-23(22)29)28(32-27-12-6-7-13-31-27)26(15-18)30-24-10-4-2-8-19(24)20-9-3-5-11-25(20)30/h3-10,12-19,22-29,52-53H,11,20-21H2,1-2H3;2-5,8-11,14-17,27H,6-7,12-13H2,1H3. The van der Waals surface area contributed by atoms with Crippen molar-refractivity contribution in [2.75, 3.05) is 18.1 Å². The summed E-state index contributed by atoms with van der Waals surface area (Å²) in [6, 6.07) is 63.8. The molecule has 16 rings (SSSR count). The number of hydrogen-bond donors (Lipinski definition) is 2. The predicted octanol–water partition coefficient (Wildman–Crippen LogP) is 23.1. The molecule has 446 valence electrons. The van der Waals surface area contributed by atoms with E-state index in [0.29, 0.717) is 11.5 Å². The number of nitrogens with zero attached hydrogens (tertiary/aromatic N) is 3. The molecule has 90 heavy (non-hydrogen) atoms. The lowest BCUT2D eigenvalue weighted by atomic mass is 10.0. The summed E-state index contributed by atoms with van der Waals surface area (Å²) in [6.45, 7) is 7.12. The van der Waals surface area contributed by atoms with Gasteiger partial charge in [0.05, 0.1) is 56.8 Å². The number of thiophene rings is 3. The van der Waals surface area contributed by atoms with Gasteiger partial charge < -0.3 is 33.4 Å². The Bertz CT molecular complexity index is 4820. The van der Waals surface area contributed by atoms with Crippen LogP contribution >= 0.6 is 73.5 Å². The van der Waals surface area contributed by atoms with E-state index in [1.54, 1.807) is 34.0 Å². The molecule has 1 aliphatic heterocycles. The summed E-state index contributed by atoms with van der Waals surface area (Å²) >= 11 is 12.5. The Morgan fingerprint density at radius 1 is 0.444 bits per heavy atom. The van der Waals surface area contributed by atoms with Crippen molar-refractivity contribution in [2.45, 2.75) is 62.5 Å². The summed E-state index contributed by atoms with van der Waals surface area (Å²) in [5, 5.41) is 44.2. The third kappa shape index (κ3) is 10.7. The summed E-state index contributed by atoms with van der Waals surface area (Å²) in [5.41, 5.74) is 18.9. The summed E-state index contributed by atoms with van der Waals surface area (Å²) in [5.74, 6) is 3.38. The third-order valence-corrected chi connectivity index (χ3v) is 22.8. The van der Waals surface area contributed by atoms with E-state index in [9.17, 15) is 10.2 Å². The first kappa shape index (κ1) is 58.4. The summed E-state index contributed by atoms with van der Waals surface area (Å²) in [4.78, 5) is 2.38. The number of para-hydroxylation sites is 6. The average molecular weight is 1330 g/mol. The first-order valence-corrected chi connectivity index (χ1v) is 35.9. The third-order valence-electron chi connectivity index (χ3n) is 17.1. The second kappa shape index (κ2) is 25.0. The van der Waals surface area contributed by atoms with Gasteiger partial charge in [-0.25, -0.2) is 0 Å². The molecule has 1 aliphatic rings. The molecule has 15 aromatic rings. The first-order valence-electron chi connectivity index (χ1n) is 30.3. The van der Waals surface area contributed by atoms with Gasteiger partial charge in [-0.1, -0.05) is 109 Å². The minimum Gasteiger partial charge on any atom is -0.505 e. The molecule has 7 nitrogen and oxygen atoms in total. The maximum atomic E-state index is 12.0. The van der Waals surface area contributed by atoms with Crippen molar-refractivity contribution in [3.8, 4) is 67.7 Å². The van der Waals surface area contributed by atoms with E-state index in [1.165, 1.54) is 58.7 Å². The Balaban J connectivity index is 0.000000173. The number of phenols is 2. The smallest absolute Gasteiger partial charge is 0.199 e. The summed E-state index contributed by atoms with van der Waals surface area (Å²) in [7, 11) is 0. The minimum absolute atomic E-state index is 0.232. The fourth-order valence-corrected chi connectivity index (χ4v) is 18.9. The number of rotatable bonds is 14. The van der Waals surface area contributed by atoms with Crippen molar-refractivity contribution in [3.05, 3.63) is 235 Å². The largest absolute Gasteiger partial charge is 0.505 e. The Hall–Kier alpha value is -7.98. The topological polar surface area (TPSA) is 73.7 Å². The average Bonchev–Trinajstić information content (AvgIpc) is 1.62. The van der Waals surface area contributed by atoms with Crippen molar-refractivity contribution in [2.24, 2.45) is 0 Å². The molecule has 1 atom stereocenters. The summed E-state index contributed by atoms with van der Waals surface area (Å²) < 4.78 is 20.6. The second-order valence-corrected chi connectivity index (χ2v) is 28.4. The molecule has 7 heterocycles. The Morgan fingerprint density at radius 2 is 0.811 bits per heavy atom. The zero-order chi connectivity index (χ0) is 61.0. The van der Waals surface area contributed by atoms with Crippen LogP contribution in [0.4, 0.5) is 0 Å². The molecule has 0 amide bonds. The van der Waals surface area contributed by atoms with Crippen molar-refractivity contribution in [1.29, 1.82) is 0 Å². The molecule has 6 aromatic heterocycles. The van der Waals surface area contributed by atoms with E-state index < -0.39 is 0 Å². The van der Waals surface area contributed by atoms with Crippen molar-refractivity contribution in [3.63, 3.8) is 0 Å². The van der Waals surface area contributed by atoms with Crippen LogP contribution in [0.2, 0.25) is 0 Å². The fraction of sp³-hybridized carbons (Fsp3) is 0.143. The van der Waals surface area contributed by atoms with Gasteiger partial charge in [-0.05, 0) is 173 Å². The zero-order valence-corrected chi connectivity index (χ0v) is 55.5. The quantitative estimate of drug-likeness (QED) is 0.0835. The highest BCUT2D eigenvalue weighted by Crippen LogP contribution is 2.49. The van der Waals surface area contributed by atoms with Gasteiger partial charge in [0, 0.05) is 103 Å². The molecule has 0 saturated carbocycles. The van der Waals surface area contributed by atoms with E-state index in [1.807, 2.05) is 23.5 Å². The number of aromatic hydroxyl groups is 2. The highest BCUT2D eigenvalue weighted by molar-refractivity contribution is 9.10. The van der Waals surface area contributed by atoms with Crippen LogP contribution < -0.4 is 4.74 Å². The molecule has 0 spiro atoms. The van der Waals surface area contributed by atoms with Crippen LogP contribution in [0.1, 0.15) is 42.4 Å². The van der Waals surface area contributed by atoms with Gasteiger partial charge in [-0.2, -0.15) is 34.0 Å². The maximum Gasteiger partial charge on any atom is 0.199 e. The first-order chi connectivity index (χ1) is 44.2. The van der Waals surface area contributed by atoms with Gasteiger partial charge in [-0.3, -0.25) is 0 Å². The van der Waals surface area contributed by atoms with Gasteiger partial charge in [0.1, 0.15) is 11.5 Å². The number of benzene rings is 9. The number of halogens is 1. The van der Waals surface area contributed by atoms with Crippen molar-refractivity contribution in [1.82, 2.24) is 13.7 Å². The molecule has 2 N–H and O–H groups in total. The molecule has 13 heteroatoms. The fourth-order valence-electron chi connectivity index (χ4n) is 13.1. The molecule has 9 aromatic carbocycles. The summed E-state index contributed by atoms with van der Waals surface area (Å²) in [6.07, 6.45) is 3.91. The molecule has 1 saturated heterocycles. The molecular weight excluding hydrogens is 1270 g/mol. The van der Waals surface area contributed by atoms with Crippen LogP contribution in [-0.2, 0) is 4.74 Å². The highest BCUT2D eigenvalue weighted by atomic mass is 79.9. The van der Waals surface area contributed by atoms with Crippen LogP contribution in [0.15, 0.2) is 229 Å². The van der Waals surface area contributed by atoms with Crippen LogP contribution in [0, 0.1) is 20.8 Å². The van der Waals surface area contributed by atoms with Crippen LogP contribution in [0.25, 0.3) is 116 Å². The number of aromatic nitrogens is 3. The molecular formula is C77H62BrN3O4S5. The predicted molar refractivity (Wildman–Crippen MR) is 388 cm³/mol. The molecule has 1 fully saturated rings.